The van der Waals surface area contributed by atoms with E-state index in [9.17, 15) is 43.7 Å². The van der Waals surface area contributed by atoms with Crippen LogP contribution < -0.4 is 14.8 Å². The minimum absolute atomic E-state index is 0.0197. The molecule has 1 aromatic rings. The molecule has 326 valence electrons. The van der Waals surface area contributed by atoms with Crippen LogP contribution in [0.4, 0.5) is 5.69 Å². The molecular weight excluding hydrogens is 829 g/mol. The van der Waals surface area contributed by atoms with Crippen molar-refractivity contribution in [3.63, 3.8) is 0 Å². The summed E-state index contributed by atoms with van der Waals surface area (Å²) in [6.07, 6.45) is 5.63. The van der Waals surface area contributed by atoms with Gasteiger partial charge in [0, 0.05) is 41.4 Å². The van der Waals surface area contributed by atoms with Crippen molar-refractivity contribution in [3.8, 4) is 11.3 Å². The van der Waals surface area contributed by atoms with Crippen LogP contribution >= 0.6 is 0 Å². The zero-order valence-electron chi connectivity index (χ0n) is 34.0. The van der Waals surface area contributed by atoms with E-state index in [-0.39, 0.29) is 74.7 Å². The summed E-state index contributed by atoms with van der Waals surface area (Å²) in [7, 11) is -13.0. The van der Waals surface area contributed by atoms with Crippen LogP contribution in [-0.4, -0.2) is 108 Å². The molecule has 2 heterocycles. The Balaban J connectivity index is 1.79. The quantitative estimate of drug-likeness (QED) is 0.0636. The summed E-state index contributed by atoms with van der Waals surface area (Å²) >= 11 is 0. The first-order valence-electron chi connectivity index (χ1n) is 19.2. The summed E-state index contributed by atoms with van der Waals surface area (Å²) in [4.78, 5) is 12.3. The van der Waals surface area contributed by atoms with Crippen molar-refractivity contribution >= 4 is 48.1 Å². The van der Waals surface area contributed by atoms with Crippen LogP contribution in [0.5, 0.6) is 0 Å². The van der Waals surface area contributed by atoms with Gasteiger partial charge in [0.05, 0.1) is 55.3 Å². The number of hydrogen-bond acceptors (Lipinski definition) is 11. The molecule has 4 rings (SSSR count). The van der Waals surface area contributed by atoms with Gasteiger partial charge in [-0.05, 0) is 85.7 Å². The molecule has 0 radical (unpaired) electrons. The molecule has 16 nitrogen and oxygen atoms in total. The van der Waals surface area contributed by atoms with Crippen LogP contribution in [-0.2, 0) is 55.5 Å². The summed E-state index contributed by atoms with van der Waals surface area (Å²) in [6, 6.07) is 11.9. The van der Waals surface area contributed by atoms with E-state index in [1.165, 1.54) is 12.1 Å². The molecule has 59 heavy (non-hydrogen) atoms. The Morgan fingerprint density at radius 1 is 0.898 bits per heavy atom. The van der Waals surface area contributed by atoms with Gasteiger partial charge < -0.3 is 23.9 Å². The molecule has 19 heteroatoms. The molecule has 0 spiro atoms. The van der Waals surface area contributed by atoms with E-state index in [0.717, 1.165) is 16.5 Å². The van der Waals surface area contributed by atoms with Crippen molar-refractivity contribution < 1.29 is 62.7 Å². The maximum Gasteiger partial charge on any atom is 0.305 e. The third kappa shape index (κ3) is 13.5. The van der Waals surface area contributed by atoms with Crippen LogP contribution in [0, 0.1) is 0 Å². The number of aliphatic carboxylic acids is 1. The summed E-state index contributed by atoms with van der Waals surface area (Å²) in [5.41, 5.74) is 2.32. The van der Waals surface area contributed by atoms with E-state index >= 15 is 0 Å². The van der Waals surface area contributed by atoms with Crippen molar-refractivity contribution in [2.75, 3.05) is 62.5 Å². The number of carboxylic acid groups (broad SMARTS) is 1. The molecule has 0 saturated carbocycles. The Kier molecular flexibility index (Phi) is 15.9. The lowest BCUT2D eigenvalue weighted by molar-refractivity contribution is -0.138. The Morgan fingerprint density at radius 2 is 1.56 bits per heavy atom. The number of nitrogens with zero attached hydrogens (tertiary/aromatic N) is 2. The van der Waals surface area contributed by atoms with Gasteiger partial charge in [-0.1, -0.05) is 26.8 Å². The van der Waals surface area contributed by atoms with Gasteiger partial charge >= 0.3 is 5.97 Å². The fourth-order valence-electron chi connectivity index (χ4n) is 7.18. The van der Waals surface area contributed by atoms with Gasteiger partial charge in [-0.3, -0.25) is 18.5 Å². The molecule has 0 fully saturated rings. The number of carbonyl (C=O) groups is 1. The second-order valence-corrected chi connectivity index (χ2v) is 20.1. The molecule has 3 aliphatic rings. The highest BCUT2D eigenvalue weighted by molar-refractivity contribution is 7.86. The molecule has 1 atom stereocenters. The van der Waals surface area contributed by atoms with E-state index < -0.39 is 47.5 Å². The van der Waals surface area contributed by atoms with Gasteiger partial charge in [0.2, 0.25) is 5.36 Å². The number of rotatable bonds is 21. The van der Waals surface area contributed by atoms with Gasteiger partial charge in [-0.25, -0.2) is 4.58 Å². The zero-order valence-corrected chi connectivity index (χ0v) is 36.4. The summed E-state index contributed by atoms with van der Waals surface area (Å²) < 4.78 is 119. The normalized spacial score (nSPS) is 17.6. The number of benzene rings is 2. The lowest BCUT2D eigenvalue weighted by Gasteiger charge is -2.30. The maximum atomic E-state index is 12.3. The molecule has 1 aliphatic carbocycles. The summed E-state index contributed by atoms with van der Waals surface area (Å²) in [5.74, 6) is -0.785. The van der Waals surface area contributed by atoms with Crippen LogP contribution in [0.1, 0.15) is 77.2 Å². The number of ether oxygens (including phenoxy) is 2. The Labute approximate surface area is 346 Å². The minimum Gasteiger partial charge on any atom is -0.481 e. The van der Waals surface area contributed by atoms with Gasteiger partial charge in [-0.15, -0.1) is 0 Å². The third-order valence-corrected chi connectivity index (χ3v) is 12.5. The van der Waals surface area contributed by atoms with Crippen molar-refractivity contribution in [2.24, 2.45) is 0 Å². The Hall–Kier alpha value is -3.95. The number of allylic oxidation sites excluding steroid dienone is 3. The van der Waals surface area contributed by atoms with E-state index in [4.69, 9.17) is 19.0 Å². The summed E-state index contributed by atoms with van der Waals surface area (Å²) in [6.45, 7) is 11.8. The van der Waals surface area contributed by atoms with Gasteiger partial charge in [0.25, 0.3) is 30.4 Å². The molecule has 0 aromatic heterocycles. The maximum absolute atomic E-state index is 12.3. The van der Waals surface area contributed by atoms with E-state index in [1.807, 2.05) is 53.7 Å². The smallest absolute Gasteiger partial charge is 0.305 e. The highest BCUT2D eigenvalue weighted by atomic mass is 32.2. The molecule has 0 bridgehead atoms. The van der Waals surface area contributed by atoms with E-state index in [2.05, 4.69) is 20.8 Å². The van der Waals surface area contributed by atoms with Gasteiger partial charge in [-0.2, -0.15) is 25.3 Å². The number of hydrogen-bond donors (Lipinski definition) is 4. The monoisotopic (exact) mass is 883 g/mol. The zero-order chi connectivity index (χ0) is 43.8. The van der Waals surface area contributed by atoms with Gasteiger partial charge in [0.1, 0.15) is 24.6 Å². The first-order chi connectivity index (χ1) is 27.4. The number of fused-ring (bicyclic) bond motifs is 2. The topological polar surface area (TPSA) is 238 Å². The van der Waals surface area contributed by atoms with Crippen molar-refractivity contribution in [1.82, 2.24) is 4.58 Å². The fraction of sp³-hybridized carbons (Fsp3) is 0.500. The van der Waals surface area contributed by atoms with Crippen LogP contribution in [0.3, 0.4) is 0 Å². The molecular formula is C40H55N2O14S3+. The van der Waals surface area contributed by atoms with Crippen LogP contribution in [0.15, 0.2) is 69.6 Å². The third-order valence-electron chi connectivity index (χ3n) is 10.0. The van der Waals surface area contributed by atoms with Crippen molar-refractivity contribution in [2.45, 2.75) is 76.0 Å². The van der Waals surface area contributed by atoms with Crippen LogP contribution in [0.25, 0.3) is 17.4 Å². The molecule has 0 amide bonds. The van der Waals surface area contributed by atoms with Gasteiger partial charge in [0.15, 0.2) is 0 Å². The van der Waals surface area contributed by atoms with Crippen molar-refractivity contribution in [3.05, 3.63) is 82.6 Å². The SMILES string of the molecule is CC[N+](CCCS(=O)(=O)O)=c1ccc2c(C(C)(C)C)cc(/C=C/C=C3/N(CCOCCOCCC(=O)O)c4ccc(S(=O)(=O)O)cc4C3(C)CCCS(=O)(=O)O)oc-2c1. The predicted molar refractivity (Wildman–Crippen MR) is 223 cm³/mol. The van der Waals surface area contributed by atoms with Crippen molar-refractivity contribution in [1.29, 1.82) is 0 Å². The van der Waals surface area contributed by atoms with Crippen LogP contribution in [0.2, 0.25) is 0 Å². The lowest BCUT2D eigenvalue weighted by atomic mass is 9.77. The van der Waals surface area contributed by atoms with E-state index in [0.29, 0.717) is 41.6 Å². The lowest BCUT2D eigenvalue weighted by Crippen LogP contribution is -2.31. The molecule has 0 saturated heterocycles. The summed E-state index contributed by atoms with van der Waals surface area (Å²) in [5, 5.41) is 9.63. The predicted octanol–water partition coefficient (Wildman–Crippen LogP) is 4.85. The average molecular weight is 884 g/mol. The average Bonchev–Trinajstić information content (AvgIpc) is 3.34. The largest absolute Gasteiger partial charge is 0.481 e. The first kappa shape index (κ1) is 47.7. The fourth-order valence-corrected chi connectivity index (χ4v) is 8.69. The highest BCUT2D eigenvalue weighted by Gasteiger charge is 2.43. The second-order valence-electron chi connectivity index (χ2n) is 15.5. The number of anilines is 1. The molecule has 2 aliphatic heterocycles. The first-order valence-corrected chi connectivity index (χ1v) is 23.8. The number of carboxylic acids is 1. The Morgan fingerprint density at radius 3 is 2.17 bits per heavy atom. The molecule has 4 N–H and O–H groups in total. The van der Waals surface area contributed by atoms with E-state index in [1.54, 1.807) is 18.2 Å². The molecule has 1 aromatic carbocycles. The minimum atomic E-state index is -4.61. The Bertz CT molecular complexity index is 2410. The second kappa shape index (κ2) is 19.6. The highest BCUT2D eigenvalue weighted by Crippen LogP contribution is 2.51. The molecule has 1 unspecified atom stereocenters. The standard InChI is InChI=1S/C40H54N2O14S3/c1-6-41(18-9-25-58(48,49)50)29-12-14-32-33(39(2,3)4)27-30(56-36(32)26-29)10-7-11-37-40(5,17-8-24-57(45,46)47)34-28-31(59(51,52)53)13-15-35(34)42(37)19-21-55-23-22-54-20-16-38(43)44/h7,10-15,26-28H,6,8-9,16-25H2,1-5H3,(H3-,43,44,45,46,47,48,49,50,51,52,53)/p+1.